The van der Waals surface area contributed by atoms with Gasteiger partial charge >= 0.3 is 6.03 Å². The molecule has 0 aliphatic carbocycles. The first-order valence-electron chi connectivity index (χ1n) is 6.49. The van der Waals surface area contributed by atoms with Crippen LogP contribution in [0, 0.1) is 0 Å². The molecule has 0 radical (unpaired) electrons. The van der Waals surface area contributed by atoms with Crippen LogP contribution in [-0.2, 0) is 6.54 Å². The number of amides is 2. The van der Waals surface area contributed by atoms with Crippen molar-refractivity contribution in [2.24, 2.45) is 0 Å². The Kier molecular flexibility index (Phi) is 5.40. The summed E-state index contributed by atoms with van der Waals surface area (Å²) in [5, 5.41) is 4.26. The number of carbonyl (C=O) groups is 1. The first-order valence-corrected chi connectivity index (χ1v) is 8.15. The zero-order chi connectivity index (χ0) is 13.7. The van der Waals surface area contributed by atoms with Gasteiger partial charge in [0.1, 0.15) is 0 Å². The van der Waals surface area contributed by atoms with Crippen LogP contribution < -0.4 is 5.32 Å². The van der Waals surface area contributed by atoms with E-state index in [2.05, 4.69) is 11.6 Å². The summed E-state index contributed by atoms with van der Waals surface area (Å²) in [6, 6.07) is 7.59. The summed E-state index contributed by atoms with van der Waals surface area (Å²) in [6.07, 6.45) is 4.42. The van der Waals surface area contributed by atoms with Crippen molar-refractivity contribution in [2.75, 3.05) is 19.3 Å². The Morgan fingerprint density at radius 1 is 1.47 bits per heavy atom. The van der Waals surface area contributed by atoms with Crippen LogP contribution in [0.5, 0.6) is 0 Å². The molecule has 1 atom stereocenters. The smallest absolute Gasteiger partial charge is 0.317 e. The molecular weight excluding hydrogens is 280 g/mol. The quantitative estimate of drug-likeness (QED) is 0.928. The maximum absolute atomic E-state index is 12.1. The molecule has 1 aromatic rings. The van der Waals surface area contributed by atoms with Crippen LogP contribution >= 0.6 is 23.4 Å². The normalized spacial score (nSPS) is 19.3. The minimum absolute atomic E-state index is 0.0358. The molecule has 0 aromatic heterocycles. The van der Waals surface area contributed by atoms with Crippen molar-refractivity contribution >= 4 is 29.4 Å². The molecule has 19 heavy (non-hydrogen) atoms. The van der Waals surface area contributed by atoms with Gasteiger partial charge in [-0.05, 0) is 36.8 Å². The van der Waals surface area contributed by atoms with Gasteiger partial charge in [0, 0.05) is 29.9 Å². The van der Waals surface area contributed by atoms with Gasteiger partial charge in [-0.2, -0.15) is 11.8 Å². The molecule has 0 spiro atoms. The monoisotopic (exact) mass is 298 g/mol. The SMILES string of the molecule is CS[C@H]1CCCN(C(=O)NCc2ccc(Cl)cc2)C1. The van der Waals surface area contributed by atoms with Gasteiger partial charge in [-0.15, -0.1) is 0 Å². The van der Waals surface area contributed by atoms with E-state index in [1.807, 2.05) is 40.9 Å². The van der Waals surface area contributed by atoms with Gasteiger partial charge < -0.3 is 10.2 Å². The van der Waals surface area contributed by atoms with Gasteiger partial charge in [-0.1, -0.05) is 23.7 Å². The Balaban J connectivity index is 1.82. The zero-order valence-electron chi connectivity index (χ0n) is 11.1. The molecule has 1 N–H and O–H groups in total. The van der Waals surface area contributed by atoms with Crippen LogP contribution in [-0.4, -0.2) is 35.5 Å². The summed E-state index contributed by atoms with van der Waals surface area (Å²) in [6.45, 7) is 2.27. The Hall–Kier alpha value is -0.870. The van der Waals surface area contributed by atoms with E-state index in [4.69, 9.17) is 11.6 Å². The van der Waals surface area contributed by atoms with Crippen LogP contribution in [0.2, 0.25) is 5.02 Å². The number of thioether (sulfide) groups is 1. The Morgan fingerprint density at radius 2 is 2.21 bits per heavy atom. The predicted molar refractivity (Wildman–Crippen MR) is 81.8 cm³/mol. The molecule has 2 rings (SSSR count). The van der Waals surface area contributed by atoms with Crippen molar-refractivity contribution in [2.45, 2.75) is 24.6 Å². The third kappa shape index (κ3) is 4.32. The molecule has 1 fully saturated rings. The summed E-state index contributed by atoms with van der Waals surface area (Å²) in [5.74, 6) is 0. The fraction of sp³-hybridized carbons (Fsp3) is 0.500. The second kappa shape index (κ2) is 7.06. The van der Waals surface area contributed by atoms with E-state index in [1.165, 1.54) is 6.42 Å². The molecule has 0 saturated carbocycles. The number of benzene rings is 1. The molecule has 5 heteroatoms. The Labute approximate surface area is 123 Å². The summed E-state index contributed by atoms with van der Waals surface area (Å²) in [7, 11) is 0. The Bertz CT molecular complexity index is 424. The lowest BCUT2D eigenvalue weighted by Crippen LogP contribution is -2.46. The van der Waals surface area contributed by atoms with Crippen molar-refractivity contribution in [1.29, 1.82) is 0 Å². The first kappa shape index (κ1) is 14.5. The number of hydrogen-bond donors (Lipinski definition) is 1. The van der Waals surface area contributed by atoms with Crippen molar-refractivity contribution in [3.05, 3.63) is 34.9 Å². The molecule has 1 aliphatic rings. The lowest BCUT2D eigenvalue weighted by Gasteiger charge is -2.31. The molecule has 1 heterocycles. The van der Waals surface area contributed by atoms with E-state index >= 15 is 0 Å². The van der Waals surface area contributed by atoms with E-state index < -0.39 is 0 Å². The van der Waals surface area contributed by atoms with Gasteiger partial charge in [0.15, 0.2) is 0 Å². The maximum Gasteiger partial charge on any atom is 0.317 e. The van der Waals surface area contributed by atoms with Crippen molar-refractivity contribution in [3.63, 3.8) is 0 Å². The third-order valence-electron chi connectivity index (χ3n) is 3.36. The largest absolute Gasteiger partial charge is 0.334 e. The molecule has 1 saturated heterocycles. The minimum Gasteiger partial charge on any atom is -0.334 e. The van der Waals surface area contributed by atoms with Gasteiger partial charge in [-0.3, -0.25) is 0 Å². The summed E-state index contributed by atoms with van der Waals surface area (Å²) >= 11 is 7.68. The highest BCUT2D eigenvalue weighted by molar-refractivity contribution is 7.99. The molecule has 1 aromatic carbocycles. The average molecular weight is 299 g/mol. The van der Waals surface area contributed by atoms with Crippen LogP contribution in [0.25, 0.3) is 0 Å². The fourth-order valence-electron chi connectivity index (χ4n) is 2.21. The molecule has 1 aliphatic heterocycles. The molecule has 2 amide bonds. The number of nitrogens with one attached hydrogen (secondary N) is 1. The summed E-state index contributed by atoms with van der Waals surface area (Å²) < 4.78 is 0. The lowest BCUT2D eigenvalue weighted by molar-refractivity contribution is 0.187. The van der Waals surface area contributed by atoms with Crippen LogP contribution in [0.4, 0.5) is 4.79 Å². The molecule has 104 valence electrons. The topological polar surface area (TPSA) is 32.3 Å². The maximum atomic E-state index is 12.1. The predicted octanol–water partition coefficient (Wildman–Crippen LogP) is 3.38. The minimum atomic E-state index is 0.0358. The highest BCUT2D eigenvalue weighted by atomic mass is 35.5. The number of piperidine rings is 1. The van der Waals surface area contributed by atoms with Gasteiger partial charge in [0.2, 0.25) is 0 Å². The van der Waals surface area contributed by atoms with Crippen LogP contribution in [0.3, 0.4) is 0 Å². The number of urea groups is 1. The number of nitrogens with zero attached hydrogens (tertiary/aromatic N) is 1. The van der Waals surface area contributed by atoms with Gasteiger partial charge in [-0.25, -0.2) is 4.79 Å². The van der Waals surface area contributed by atoms with E-state index in [1.54, 1.807) is 0 Å². The number of likely N-dealkylation sites (tertiary alicyclic amines) is 1. The highest BCUT2D eigenvalue weighted by Crippen LogP contribution is 2.20. The fourth-order valence-corrected chi connectivity index (χ4v) is 3.06. The van der Waals surface area contributed by atoms with Crippen molar-refractivity contribution in [1.82, 2.24) is 10.2 Å². The van der Waals surface area contributed by atoms with Gasteiger partial charge in [0.05, 0.1) is 0 Å². The second-order valence-corrected chi connectivity index (χ2v) is 6.31. The third-order valence-corrected chi connectivity index (χ3v) is 4.66. The zero-order valence-corrected chi connectivity index (χ0v) is 12.6. The average Bonchev–Trinajstić information content (AvgIpc) is 2.46. The van der Waals surface area contributed by atoms with Crippen molar-refractivity contribution in [3.8, 4) is 0 Å². The second-order valence-electron chi connectivity index (χ2n) is 4.73. The van der Waals surface area contributed by atoms with E-state index in [0.29, 0.717) is 16.8 Å². The number of halogens is 1. The number of hydrogen-bond acceptors (Lipinski definition) is 2. The molecule has 0 bridgehead atoms. The summed E-state index contributed by atoms with van der Waals surface area (Å²) in [4.78, 5) is 14.0. The number of carbonyl (C=O) groups excluding carboxylic acids is 1. The van der Waals surface area contributed by atoms with Crippen molar-refractivity contribution < 1.29 is 4.79 Å². The summed E-state index contributed by atoms with van der Waals surface area (Å²) in [5.41, 5.74) is 1.07. The highest BCUT2D eigenvalue weighted by Gasteiger charge is 2.22. The molecule has 3 nitrogen and oxygen atoms in total. The van der Waals surface area contributed by atoms with E-state index in [-0.39, 0.29) is 6.03 Å². The van der Waals surface area contributed by atoms with E-state index in [9.17, 15) is 4.79 Å². The van der Waals surface area contributed by atoms with Crippen LogP contribution in [0.15, 0.2) is 24.3 Å². The molecule has 0 unspecified atom stereocenters. The molecular formula is C14H19ClN2OS. The Morgan fingerprint density at radius 3 is 2.89 bits per heavy atom. The van der Waals surface area contributed by atoms with E-state index in [0.717, 1.165) is 25.1 Å². The van der Waals surface area contributed by atoms with Crippen LogP contribution in [0.1, 0.15) is 18.4 Å². The number of rotatable bonds is 3. The van der Waals surface area contributed by atoms with Gasteiger partial charge in [0.25, 0.3) is 0 Å². The lowest BCUT2D eigenvalue weighted by atomic mass is 10.1. The standard InChI is InChI=1S/C14H19ClN2OS/c1-19-13-3-2-8-17(10-13)14(18)16-9-11-4-6-12(15)7-5-11/h4-7,13H,2-3,8-10H2,1H3,(H,16,18)/t13-/m0/s1. The first-order chi connectivity index (χ1) is 9.19.